The molecular weight excluding hydrogens is 290 g/mol. The maximum Gasteiger partial charge on any atom is 0.225 e. The summed E-state index contributed by atoms with van der Waals surface area (Å²) in [5.74, 6) is 1.09. The first kappa shape index (κ1) is 15.8. The smallest absolute Gasteiger partial charge is 0.225 e. The molecule has 0 radical (unpaired) electrons. The number of furan rings is 1. The second-order valence-corrected chi connectivity index (χ2v) is 5.86. The van der Waals surface area contributed by atoms with Crippen LogP contribution in [-0.4, -0.2) is 48.4 Å². The Kier molecular flexibility index (Phi) is 5.45. The van der Waals surface area contributed by atoms with Gasteiger partial charge in [0.05, 0.1) is 12.8 Å². The SMILES string of the molecule is O=C(CCN1CCN(Cc2ccco2)CC1)Nc1ccccc1. The summed E-state index contributed by atoms with van der Waals surface area (Å²) >= 11 is 0. The Morgan fingerprint density at radius 3 is 2.43 bits per heavy atom. The van der Waals surface area contributed by atoms with Crippen molar-refractivity contribution in [2.75, 3.05) is 38.0 Å². The van der Waals surface area contributed by atoms with Gasteiger partial charge in [-0.05, 0) is 24.3 Å². The van der Waals surface area contributed by atoms with Gasteiger partial charge in [0.15, 0.2) is 0 Å². The van der Waals surface area contributed by atoms with Crippen molar-refractivity contribution >= 4 is 11.6 Å². The van der Waals surface area contributed by atoms with Crippen molar-refractivity contribution in [2.45, 2.75) is 13.0 Å². The van der Waals surface area contributed by atoms with Gasteiger partial charge in [0.1, 0.15) is 5.76 Å². The summed E-state index contributed by atoms with van der Waals surface area (Å²) < 4.78 is 5.39. The highest BCUT2D eigenvalue weighted by atomic mass is 16.3. The van der Waals surface area contributed by atoms with E-state index in [2.05, 4.69) is 15.1 Å². The summed E-state index contributed by atoms with van der Waals surface area (Å²) in [6, 6.07) is 13.5. The molecule has 5 heteroatoms. The maximum absolute atomic E-state index is 12.0. The first-order chi connectivity index (χ1) is 11.3. The van der Waals surface area contributed by atoms with Crippen LogP contribution >= 0.6 is 0 Å². The number of anilines is 1. The molecule has 1 amide bonds. The van der Waals surface area contributed by atoms with Gasteiger partial charge in [-0.25, -0.2) is 0 Å². The lowest BCUT2D eigenvalue weighted by Gasteiger charge is -2.34. The van der Waals surface area contributed by atoms with Crippen molar-refractivity contribution in [2.24, 2.45) is 0 Å². The van der Waals surface area contributed by atoms with E-state index in [4.69, 9.17) is 4.42 Å². The molecule has 0 spiro atoms. The Balaban J connectivity index is 1.35. The van der Waals surface area contributed by atoms with Crippen molar-refractivity contribution in [1.29, 1.82) is 0 Å². The predicted octanol–water partition coefficient (Wildman–Crippen LogP) is 2.43. The molecular formula is C18H23N3O2. The third-order valence-corrected chi connectivity index (χ3v) is 4.14. The van der Waals surface area contributed by atoms with Gasteiger partial charge in [-0.1, -0.05) is 18.2 Å². The summed E-state index contributed by atoms with van der Waals surface area (Å²) in [5.41, 5.74) is 0.862. The predicted molar refractivity (Wildman–Crippen MR) is 90.1 cm³/mol. The fourth-order valence-electron chi connectivity index (χ4n) is 2.80. The molecule has 5 nitrogen and oxygen atoms in total. The number of para-hydroxylation sites is 1. The average molecular weight is 313 g/mol. The Labute approximate surface area is 136 Å². The second-order valence-electron chi connectivity index (χ2n) is 5.86. The monoisotopic (exact) mass is 313 g/mol. The molecule has 1 fully saturated rings. The lowest BCUT2D eigenvalue weighted by Crippen LogP contribution is -2.46. The van der Waals surface area contributed by atoms with Crippen molar-refractivity contribution in [3.63, 3.8) is 0 Å². The van der Waals surface area contributed by atoms with Crippen LogP contribution < -0.4 is 5.32 Å². The van der Waals surface area contributed by atoms with Crippen LogP contribution in [0.1, 0.15) is 12.2 Å². The van der Waals surface area contributed by atoms with Gasteiger partial charge < -0.3 is 14.6 Å². The molecule has 1 aliphatic heterocycles. The molecule has 0 aliphatic carbocycles. The van der Waals surface area contributed by atoms with Gasteiger partial charge in [-0.3, -0.25) is 9.69 Å². The molecule has 0 unspecified atom stereocenters. The van der Waals surface area contributed by atoms with E-state index in [-0.39, 0.29) is 5.91 Å². The highest BCUT2D eigenvalue weighted by molar-refractivity contribution is 5.90. The van der Waals surface area contributed by atoms with Crippen LogP contribution in [0.3, 0.4) is 0 Å². The number of hydrogen-bond acceptors (Lipinski definition) is 4. The Morgan fingerprint density at radius 2 is 1.74 bits per heavy atom. The highest BCUT2D eigenvalue weighted by Crippen LogP contribution is 2.10. The number of nitrogens with one attached hydrogen (secondary N) is 1. The molecule has 1 saturated heterocycles. The molecule has 23 heavy (non-hydrogen) atoms. The largest absolute Gasteiger partial charge is 0.468 e. The Bertz CT molecular complexity index is 590. The van der Waals surface area contributed by atoms with Crippen LogP contribution in [0.2, 0.25) is 0 Å². The summed E-state index contributed by atoms with van der Waals surface area (Å²) in [6.07, 6.45) is 2.25. The lowest BCUT2D eigenvalue weighted by molar-refractivity contribution is -0.116. The zero-order valence-electron chi connectivity index (χ0n) is 13.3. The lowest BCUT2D eigenvalue weighted by atomic mass is 10.2. The first-order valence-corrected chi connectivity index (χ1v) is 8.11. The van der Waals surface area contributed by atoms with Crippen molar-refractivity contribution < 1.29 is 9.21 Å². The van der Waals surface area contributed by atoms with Crippen molar-refractivity contribution in [3.8, 4) is 0 Å². The molecule has 3 rings (SSSR count). The zero-order valence-corrected chi connectivity index (χ0v) is 13.3. The maximum atomic E-state index is 12.0. The highest BCUT2D eigenvalue weighted by Gasteiger charge is 2.18. The van der Waals surface area contributed by atoms with Gasteiger partial charge >= 0.3 is 0 Å². The first-order valence-electron chi connectivity index (χ1n) is 8.11. The third-order valence-electron chi connectivity index (χ3n) is 4.14. The topological polar surface area (TPSA) is 48.7 Å². The van der Waals surface area contributed by atoms with Crippen LogP contribution in [0, 0.1) is 0 Å². The number of rotatable bonds is 6. The summed E-state index contributed by atoms with van der Waals surface area (Å²) in [6.45, 7) is 5.71. The molecule has 2 heterocycles. The number of carbonyl (C=O) groups is 1. The number of benzene rings is 1. The van der Waals surface area contributed by atoms with Crippen LogP contribution in [0.25, 0.3) is 0 Å². The van der Waals surface area contributed by atoms with Crippen LogP contribution in [0.5, 0.6) is 0 Å². The van der Waals surface area contributed by atoms with Gasteiger partial charge in [-0.15, -0.1) is 0 Å². The molecule has 0 saturated carbocycles. The number of hydrogen-bond donors (Lipinski definition) is 1. The minimum Gasteiger partial charge on any atom is -0.468 e. The Morgan fingerprint density at radius 1 is 1.00 bits per heavy atom. The van der Waals surface area contributed by atoms with Gasteiger partial charge in [0, 0.05) is 44.8 Å². The number of amides is 1. The molecule has 122 valence electrons. The van der Waals surface area contributed by atoms with Crippen LogP contribution in [0.4, 0.5) is 5.69 Å². The van der Waals surface area contributed by atoms with E-state index >= 15 is 0 Å². The Hall–Kier alpha value is -2.11. The van der Waals surface area contributed by atoms with E-state index in [0.29, 0.717) is 6.42 Å². The fraction of sp³-hybridized carbons (Fsp3) is 0.389. The number of carbonyl (C=O) groups excluding carboxylic acids is 1. The van der Waals surface area contributed by atoms with Gasteiger partial charge in [0.2, 0.25) is 5.91 Å². The van der Waals surface area contributed by atoms with Crippen LogP contribution in [-0.2, 0) is 11.3 Å². The fourth-order valence-corrected chi connectivity index (χ4v) is 2.80. The molecule has 1 N–H and O–H groups in total. The second kappa shape index (κ2) is 7.94. The normalized spacial score (nSPS) is 16.3. The van der Waals surface area contributed by atoms with Gasteiger partial charge in [0.25, 0.3) is 0 Å². The van der Waals surface area contributed by atoms with Crippen molar-refractivity contribution in [3.05, 3.63) is 54.5 Å². The summed E-state index contributed by atoms with van der Waals surface area (Å²) in [7, 11) is 0. The number of nitrogens with zero attached hydrogens (tertiary/aromatic N) is 2. The average Bonchev–Trinajstić information content (AvgIpc) is 3.08. The van der Waals surface area contributed by atoms with E-state index in [9.17, 15) is 4.79 Å². The molecule has 1 aromatic heterocycles. The van der Waals surface area contributed by atoms with E-state index in [1.54, 1.807) is 6.26 Å². The quantitative estimate of drug-likeness (QED) is 0.890. The zero-order chi connectivity index (χ0) is 15.9. The number of piperazine rings is 1. The van der Waals surface area contributed by atoms with E-state index in [1.807, 2.05) is 42.5 Å². The van der Waals surface area contributed by atoms with Crippen molar-refractivity contribution in [1.82, 2.24) is 9.80 Å². The van der Waals surface area contributed by atoms with Crippen LogP contribution in [0.15, 0.2) is 53.1 Å². The van der Waals surface area contributed by atoms with E-state index in [0.717, 1.165) is 50.7 Å². The van der Waals surface area contributed by atoms with E-state index < -0.39 is 0 Å². The van der Waals surface area contributed by atoms with Gasteiger partial charge in [-0.2, -0.15) is 0 Å². The summed E-state index contributed by atoms with van der Waals surface area (Å²) in [4.78, 5) is 16.7. The third kappa shape index (κ3) is 4.94. The molecule has 0 atom stereocenters. The molecule has 1 aliphatic rings. The minimum atomic E-state index is 0.0780. The summed E-state index contributed by atoms with van der Waals surface area (Å²) in [5, 5.41) is 2.93. The standard InChI is InChI=1S/C18H23N3O2/c22-18(19-16-5-2-1-3-6-16)8-9-20-10-12-21(13-11-20)15-17-7-4-14-23-17/h1-7,14H,8-13,15H2,(H,19,22). The molecule has 2 aromatic rings. The van der Waals surface area contributed by atoms with E-state index in [1.165, 1.54) is 0 Å². The molecule has 1 aromatic carbocycles. The molecule has 0 bridgehead atoms. The minimum absolute atomic E-state index is 0.0780.